The number of rotatable bonds is 5. The Hall–Kier alpha value is -2.46. The van der Waals surface area contributed by atoms with Gasteiger partial charge < -0.3 is 4.74 Å². The maximum Gasteiger partial charge on any atom is 0.341 e. The molecule has 1 N–H and O–H groups in total. The highest BCUT2D eigenvalue weighted by Crippen LogP contribution is 2.39. The van der Waals surface area contributed by atoms with Crippen LogP contribution in [0.2, 0.25) is 0 Å². The summed E-state index contributed by atoms with van der Waals surface area (Å²) in [6, 6.07) is 4.75. The fraction of sp³-hybridized carbons (Fsp3) is 0.312. The summed E-state index contributed by atoms with van der Waals surface area (Å²) < 4.78 is 32.6. The van der Waals surface area contributed by atoms with Crippen LogP contribution in [0.5, 0.6) is 0 Å². The van der Waals surface area contributed by atoms with Crippen LogP contribution in [0.1, 0.15) is 33.6 Å². The number of anilines is 1. The van der Waals surface area contributed by atoms with Crippen molar-refractivity contribution >= 4 is 38.0 Å². The van der Waals surface area contributed by atoms with Gasteiger partial charge in [0.1, 0.15) is 5.00 Å². The van der Waals surface area contributed by atoms with E-state index in [1.54, 1.807) is 0 Å². The number of nitro benzene ring substituents is 1. The van der Waals surface area contributed by atoms with Crippen molar-refractivity contribution in [2.24, 2.45) is 0 Å². The average molecular weight is 396 g/mol. The van der Waals surface area contributed by atoms with E-state index in [1.165, 1.54) is 36.6 Å². The number of benzene rings is 1. The molecule has 0 spiro atoms. The van der Waals surface area contributed by atoms with Crippen LogP contribution in [0.4, 0.5) is 10.7 Å². The first-order valence-electron chi connectivity index (χ1n) is 7.83. The molecule has 0 bridgehead atoms. The fourth-order valence-electron chi connectivity index (χ4n) is 2.90. The van der Waals surface area contributed by atoms with Gasteiger partial charge in [-0.3, -0.25) is 14.8 Å². The quantitative estimate of drug-likeness (QED) is 0.472. The number of hydrogen-bond donors (Lipinski definition) is 1. The number of hydrogen-bond acceptors (Lipinski definition) is 7. The van der Waals surface area contributed by atoms with Gasteiger partial charge in [-0.15, -0.1) is 11.3 Å². The summed E-state index contributed by atoms with van der Waals surface area (Å²) in [7, 11) is -2.84. The molecule has 0 radical (unpaired) electrons. The van der Waals surface area contributed by atoms with Crippen molar-refractivity contribution in [1.29, 1.82) is 0 Å². The van der Waals surface area contributed by atoms with Crippen LogP contribution in [0.15, 0.2) is 29.2 Å². The van der Waals surface area contributed by atoms with Crippen molar-refractivity contribution in [3.05, 3.63) is 50.4 Å². The summed E-state index contributed by atoms with van der Waals surface area (Å²) in [6.07, 6.45) is 3.37. The third-order valence-electron chi connectivity index (χ3n) is 4.13. The smallest absolute Gasteiger partial charge is 0.341 e. The number of nitro groups is 1. The Balaban J connectivity index is 2.02. The molecule has 3 rings (SSSR count). The molecule has 1 aliphatic carbocycles. The van der Waals surface area contributed by atoms with Gasteiger partial charge in [0, 0.05) is 17.0 Å². The lowest BCUT2D eigenvalue weighted by Gasteiger charge is -2.12. The van der Waals surface area contributed by atoms with Gasteiger partial charge in [-0.25, -0.2) is 13.2 Å². The number of nitrogens with one attached hydrogen (secondary N) is 1. The van der Waals surface area contributed by atoms with Crippen molar-refractivity contribution in [2.45, 2.75) is 30.6 Å². The first-order valence-corrected chi connectivity index (χ1v) is 10.1. The van der Waals surface area contributed by atoms with E-state index in [9.17, 15) is 23.3 Å². The molecule has 0 aliphatic heterocycles. The zero-order valence-electron chi connectivity index (χ0n) is 13.9. The van der Waals surface area contributed by atoms with Crippen molar-refractivity contribution in [1.82, 2.24) is 0 Å². The SMILES string of the molecule is COC(=O)c1c(NS(=O)(=O)c2cccc([N+](=O)[O-])c2)sc2c1CCCC2. The summed E-state index contributed by atoms with van der Waals surface area (Å²) in [5, 5.41) is 11.1. The van der Waals surface area contributed by atoms with Crippen LogP contribution in [0.3, 0.4) is 0 Å². The summed E-state index contributed by atoms with van der Waals surface area (Å²) in [6.45, 7) is 0. The van der Waals surface area contributed by atoms with E-state index in [2.05, 4.69) is 4.72 Å². The number of thiophene rings is 1. The molecule has 138 valence electrons. The molecule has 0 atom stereocenters. The van der Waals surface area contributed by atoms with E-state index in [-0.39, 0.29) is 21.1 Å². The molecular formula is C16H16N2O6S2. The molecule has 0 amide bonds. The lowest BCUT2D eigenvalue weighted by atomic mass is 9.95. The topological polar surface area (TPSA) is 116 Å². The minimum atomic E-state index is -4.08. The van der Waals surface area contributed by atoms with Gasteiger partial charge in [0.05, 0.1) is 22.5 Å². The van der Waals surface area contributed by atoms with Gasteiger partial charge in [-0.05, 0) is 37.3 Å². The van der Waals surface area contributed by atoms with Crippen LogP contribution in [-0.2, 0) is 27.6 Å². The Labute approximate surface area is 154 Å². The van der Waals surface area contributed by atoms with Crippen molar-refractivity contribution < 1.29 is 22.9 Å². The van der Waals surface area contributed by atoms with Crippen molar-refractivity contribution in [3.63, 3.8) is 0 Å². The third kappa shape index (κ3) is 3.42. The number of ether oxygens (including phenoxy) is 1. The molecule has 10 heteroatoms. The maximum atomic E-state index is 12.7. The van der Waals surface area contributed by atoms with Gasteiger partial charge in [-0.2, -0.15) is 0 Å². The van der Waals surface area contributed by atoms with E-state index in [0.29, 0.717) is 6.42 Å². The Morgan fingerprint density at radius 1 is 1.31 bits per heavy atom. The summed E-state index contributed by atoms with van der Waals surface area (Å²) in [4.78, 5) is 23.1. The monoisotopic (exact) mass is 396 g/mol. The normalized spacial score (nSPS) is 13.7. The number of fused-ring (bicyclic) bond motifs is 1. The van der Waals surface area contributed by atoms with Crippen molar-refractivity contribution in [2.75, 3.05) is 11.8 Å². The fourth-order valence-corrected chi connectivity index (χ4v) is 5.52. The minimum absolute atomic E-state index is 0.190. The second-order valence-corrected chi connectivity index (χ2v) is 8.55. The van der Waals surface area contributed by atoms with Gasteiger partial charge in [0.15, 0.2) is 0 Å². The highest BCUT2D eigenvalue weighted by atomic mass is 32.2. The molecule has 1 aliphatic rings. The Morgan fingerprint density at radius 2 is 2.04 bits per heavy atom. The lowest BCUT2D eigenvalue weighted by Crippen LogP contribution is -2.15. The van der Waals surface area contributed by atoms with Crippen LogP contribution in [0, 0.1) is 10.1 Å². The number of esters is 1. The molecule has 1 heterocycles. The molecule has 2 aromatic rings. The van der Waals surface area contributed by atoms with Crippen LogP contribution < -0.4 is 4.72 Å². The first kappa shape index (κ1) is 18.3. The molecule has 26 heavy (non-hydrogen) atoms. The molecule has 0 fully saturated rings. The van der Waals surface area contributed by atoms with Crippen molar-refractivity contribution in [3.8, 4) is 0 Å². The summed E-state index contributed by atoms with van der Waals surface area (Å²) in [5.41, 5.74) is 0.734. The average Bonchev–Trinajstić information content (AvgIpc) is 2.98. The molecular weight excluding hydrogens is 380 g/mol. The zero-order chi connectivity index (χ0) is 18.9. The number of methoxy groups -OCH3 is 1. The number of carbonyl (C=O) groups is 1. The third-order valence-corrected chi connectivity index (χ3v) is 6.81. The number of nitrogens with zero attached hydrogens (tertiary/aromatic N) is 1. The van der Waals surface area contributed by atoms with Gasteiger partial charge in [0.2, 0.25) is 0 Å². The summed E-state index contributed by atoms with van der Waals surface area (Å²) in [5.74, 6) is -0.596. The van der Waals surface area contributed by atoms with Gasteiger partial charge >= 0.3 is 5.97 Å². The second-order valence-electron chi connectivity index (χ2n) is 5.77. The van der Waals surface area contributed by atoms with E-state index in [0.717, 1.165) is 35.8 Å². The standard InChI is InChI=1S/C16H16N2O6S2/c1-24-16(19)14-12-7-2-3-8-13(12)25-15(14)17-26(22,23)11-6-4-5-10(9-11)18(20)21/h4-6,9,17H,2-3,7-8H2,1H3. The Kier molecular flexibility index (Phi) is 4.97. The molecule has 0 unspecified atom stereocenters. The van der Waals surface area contributed by atoms with Gasteiger partial charge in [-0.1, -0.05) is 6.07 Å². The molecule has 1 aromatic heterocycles. The highest BCUT2D eigenvalue weighted by molar-refractivity contribution is 7.93. The predicted octanol–water partition coefficient (Wildman–Crippen LogP) is 3.12. The van der Waals surface area contributed by atoms with Gasteiger partial charge in [0.25, 0.3) is 15.7 Å². The number of carbonyl (C=O) groups excluding carboxylic acids is 1. The van der Waals surface area contributed by atoms with Crippen LogP contribution in [0.25, 0.3) is 0 Å². The number of non-ortho nitro benzene ring substituents is 1. The predicted molar refractivity (Wildman–Crippen MR) is 96.2 cm³/mol. The Bertz CT molecular complexity index is 981. The zero-order valence-corrected chi connectivity index (χ0v) is 15.5. The van der Waals surface area contributed by atoms with E-state index < -0.39 is 20.9 Å². The van der Waals surface area contributed by atoms with E-state index in [1.807, 2.05) is 0 Å². The number of aryl methyl sites for hydroxylation is 1. The van der Waals surface area contributed by atoms with E-state index >= 15 is 0 Å². The minimum Gasteiger partial charge on any atom is -0.465 e. The maximum absolute atomic E-state index is 12.7. The van der Waals surface area contributed by atoms with E-state index in [4.69, 9.17) is 4.74 Å². The Morgan fingerprint density at radius 3 is 2.73 bits per heavy atom. The molecule has 8 nitrogen and oxygen atoms in total. The number of sulfonamides is 1. The molecule has 0 saturated heterocycles. The summed E-state index contributed by atoms with van der Waals surface area (Å²) >= 11 is 1.21. The lowest BCUT2D eigenvalue weighted by molar-refractivity contribution is -0.385. The molecule has 1 aromatic carbocycles. The largest absolute Gasteiger partial charge is 0.465 e. The van der Waals surface area contributed by atoms with Crippen LogP contribution in [-0.4, -0.2) is 26.4 Å². The first-order chi connectivity index (χ1) is 12.3. The van der Waals surface area contributed by atoms with Crippen LogP contribution >= 0.6 is 11.3 Å². The highest BCUT2D eigenvalue weighted by Gasteiger charge is 2.29. The molecule has 0 saturated carbocycles. The second kappa shape index (κ2) is 7.04.